The average molecular weight is 298 g/mol. The molecule has 20 heavy (non-hydrogen) atoms. The van der Waals surface area contributed by atoms with Gasteiger partial charge in [0.25, 0.3) is 0 Å². The molecule has 2 N–H and O–H groups in total. The number of carbonyl (C=O) groups excluding carboxylic acids is 1. The van der Waals surface area contributed by atoms with Gasteiger partial charge in [0.15, 0.2) is 0 Å². The number of aliphatic carboxylic acids is 1. The van der Waals surface area contributed by atoms with E-state index in [0.29, 0.717) is 17.7 Å². The Morgan fingerprint density at radius 1 is 1.35 bits per heavy atom. The number of carboxylic acid groups (broad SMARTS) is 1. The van der Waals surface area contributed by atoms with E-state index in [9.17, 15) is 22.8 Å². The summed E-state index contributed by atoms with van der Waals surface area (Å²) in [5.74, 6) is -1.82. The fourth-order valence-electron chi connectivity index (χ4n) is 2.13. The Balaban J connectivity index is 2.70. The summed E-state index contributed by atoms with van der Waals surface area (Å²) in [4.78, 5) is 24.4. The molecular formula is C11H17F3N2O4. The lowest BCUT2D eigenvalue weighted by molar-refractivity contribution is -0.145. The van der Waals surface area contributed by atoms with Gasteiger partial charge in [-0.3, -0.25) is 4.79 Å². The summed E-state index contributed by atoms with van der Waals surface area (Å²) < 4.78 is 37.1. The van der Waals surface area contributed by atoms with Crippen LogP contribution in [0.5, 0.6) is 0 Å². The minimum absolute atomic E-state index is 0.103. The highest BCUT2D eigenvalue weighted by Gasteiger charge is 2.36. The van der Waals surface area contributed by atoms with E-state index in [1.54, 1.807) is 0 Å². The molecule has 1 heterocycles. The zero-order valence-corrected chi connectivity index (χ0v) is 10.8. The first-order chi connectivity index (χ1) is 9.24. The van der Waals surface area contributed by atoms with E-state index < -0.39 is 43.8 Å². The van der Waals surface area contributed by atoms with Gasteiger partial charge in [-0.25, -0.2) is 4.79 Å². The molecule has 0 aliphatic carbocycles. The van der Waals surface area contributed by atoms with Crippen molar-refractivity contribution in [2.24, 2.45) is 5.92 Å². The molecule has 1 aliphatic heterocycles. The van der Waals surface area contributed by atoms with Crippen molar-refractivity contribution in [1.29, 1.82) is 0 Å². The topological polar surface area (TPSA) is 81.1 Å². The third-order valence-electron chi connectivity index (χ3n) is 3.05. The number of hydrogen-bond donors (Lipinski definition) is 2. The zero-order valence-electron chi connectivity index (χ0n) is 10.8. The molecule has 1 atom stereocenters. The van der Waals surface area contributed by atoms with Crippen LogP contribution in [0.3, 0.4) is 0 Å². The Kier molecular flexibility index (Phi) is 5.61. The number of piperidine rings is 1. The first-order valence-corrected chi connectivity index (χ1v) is 6.19. The van der Waals surface area contributed by atoms with Crippen LogP contribution in [-0.4, -0.2) is 71.0 Å². The SMILES string of the molecule is O=C(O)[C@@H]1CCCN(C(=O)N(CCO)CC(F)(F)F)C1. The maximum absolute atomic E-state index is 12.4. The molecule has 1 saturated heterocycles. The molecule has 0 aromatic rings. The van der Waals surface area contributed by atoms with Crippen LogP contribution in [0.1, 0.15) is 12.8 Å². The molecule has 1 rings (SSSR count). The standard InChI is InChI=1S/C11H17F3N2O4/c12-11(13,14)7-16(4-5-17)10(20)15-3-1-2-8(6-15)9(18)19/h8,17H,1-7H2,(H,18,19)/t8-/m1/s1. The molecule has 0 radical (unpaired) electrons. The van der Waals surface area contributed by atoms with Crippen LogP contribution in [0, 0.1) is 5.92 Å². The summed E-state index contributed by atoms with van der Waals surface area (Å²) in [5, 5.41) is 17.6. The predicted octanol–water partition coefficient (Wildman–Crippen LogP) is 0.760. The Morgan fingerprint density at radius 3 is 2.50 bits per heavy atom. The van der Waals surface area contributed by atoms with E-state index in [1.807, 2.05) is 0 Å². The van der Waals surface area contributed by atoms with Crippen LogP contribution >= 0.6 is 0 Å². The maximum atomic E-state index is 12.4. The van der Waals surface area contributed by atoms with Crippen LogP contribution in [0.4, 0.5) is 18.0 Å². The van der Waals surface area contributed by atoms with Gasteiger partial charge in [0.1, 0.15) is 6.54 Å². The first-order valence-electron chi connectivity index (χ1n) is 6.19. The number of hydrogen-bond acceptors (Lipinski definition) is 3. The molecule has 2 amide bonds. The normalized spacial score (nSPS) is 19.8. The molecule has 0 bridgehead atoms. The van der Waals surface area contributed by atoms with Crippen molar-refractivity contribution in [3.05, 3.63) is 0 Å². The van der Waals surface area contributed by atoms with Gasteiger partial charge in [0.05, 0.1) is 12.5 Å². The van der Waals surface area contributed by atoms with Gasteiger partial charge < -0.3 is 20.0 Å². The second kappa shape index (κ2) is 6.78. The molecular weight excluding hydrogens is 281 g/mol. The maximum Gasteiger partial charge on any atom is 0.406 e. The predicted molar refractivity (Wildman–Crippen MR) is 62.0 cm³/mol. The summed E-state index contributed by atoms with van der Waals surface area (Å²) in [6, 6.07) is -0.887. The fraction of sp³-hybridized carbons (Fsp3) is 0.818. The number of urea groups is 1. The highest BCUT2D eigenvalue weighted by atomic mass is 19.4. The number of halogens is 3. The number of aliphatic hydroxyl groups is 1. The van der Waals surface area contributed by atoms with Gasteiger partial charge in [-0.2, -0.15) is 13.2 Å². The van der Waals surface area contributed by atoms with Crippen molar-refractivity contribution in [3.8, 4) is 0 Å². The number of carboxylic acids is 1. The van der Waals surface area contributed by atoms with Crippen LogP contribution in [-0.2, 0) is 4.79 Å². The minimum Gasteiger partial charge on any atom is -0.481 e. The van der Waals surface area contributed by atoms with Crippen LogP contribution in [0.15, 0.2) is 0 Å². The molecule has 116 valence electrons. The quantitative estimate of drug-likeness (QED) is 0.803. The van der Waals surface area contributed by atoms with E-state index in [2.05, 4.69) is 0 Å². The average Bonchev–Trinajstić information content (AvgIpc) is 2.36. The summed E-state index contributed by atoms with van der Waals surface area (Å²) in [7, 11) is 0. The fourth-order valence-corrected chi connectivity index (χ4v) is 2.13. The van der Waals surface area contributed by atoms with Crippen molar-refractivity contribution in [2.75, 3.05) is 32.8 Å². The molecule has 1 aliphatic rings. The smallest absolute Gasteiger partial charge is 0.406 e. The number of amides is 2. The van der Waals surface area contributed by atoms with E-state index in [1.165, 1.54) is 0 Å². The molecule has 0 saturated carbocycles. The Hall–Kier alpha value is -1.51. The van der Waals surface area contributed by atoms with Crippen molar-refractivity contribution < 1.29 is 33.0 Å². The number of rotatable bonds is 4. The van der Waals surface area contributed by atoms with Gasteiger partial charge in [0.2, 0.25) is 0 Å². The van der Waals surface area contributed by atoms with Crippen LogP contribution in [0.25, 0.3) is 0 Å². The number of aliphatic hydroxyl groups excluding tert-OH is 1. The molecule has 9 heteroatoms. The van der Waals surface area contributed by atoms with Gasteiger partial charge in [0, 0.05) is 19.6 Å². The second-order valence-corrected chi connectivity index (χ2v) is 4.67. The molecule has 0 unspecified atom stereocenters. The number of carbonyl (C=O) groups is 2. The van der Waals surface area contributed by atoms with E-state index >= 15 is 0 Å². The zero-order chi connectivity index (χ0) is 15.3. The molecule has 6 nitrogen and oxygen atoms in total. The second-order valence-electron chi connectivity index (χ2n) is 4.67. The van der Waals surface area contributed by atoms with Crippen molar-refractivity contribution in [3.63, 3.8) is 0 Å². The third-order valence-corrected chi connectivity index (χ3v) is 3.05. The van der Waals surface area contributed by atoms with E-state index in [0.717, 1.165) is 4.90 Å². The van der Waals surface area contributed by atoms with Crippen molar-refractivity contribution in [2.45, 2.75) is 19.0 Å². The number of likely N-dealkylation sites (tertiary alicyclic amines) is 1. The van der Waals surface area contributed by atoms with Gasteiger partial charge in [-0.15, -0.1) is 0 Å². The molecule has 0 aromatic heterocycles. The van der Waals surface area contributed by atoms with Gasteiger partial charge in [-0.1, -0.05) is 0 Å². The van der Waals surface area contributed by atoms with Crippen LogP contribution < -0.4 is 0 Å². The number of alkyl halides is 3. The Bertz CT molecular complexity index is 362. The molecule has 0 spiro atoms. The summed E-state index contributed by atoms with van der Waals surface area (Å²) in [5.41, 5.74) is 0. The minimum atomic E-state index is -4.56. The van der Waals surface area contributed by atoms with Gasteiger partial charge in [-0.05, 0) is 12.8 Å². The van der Waals surface area contributed by atoms with Crippen molar-refractivity contribution >= 4 is 12.0 Å². The largest absolute Gasteiger partial charge is 0.481 e. The summed E-state index contributed by atoms with van der Waals surface area (Å²) in [6.45, 7) is -2.36. The van der Waals surface area contributed by atoms with Crippen LogP contribution in [0.2, 0.25) is 0 Å². The Morgan fingerprint density at radius 2 is 2.00 bits per heavy atom. The highest BCUT2D eigenvalue weighted by molar-refractivity contribution is 5.76. The van der Waals surface area contributed by atoms with E-state index in [4.69, 9.17) is 10.2 Å². The molecule has 0 aromatic carbocycles. The monoisotopic (exact) mass is 298 g/mol. The summed E-state index contributed by atoms with van der Waals surface area (Å²) in [6.07, 6.45) is -3.73. The lowest BCUT2D eigenvalue weighted by Gasteiger charge is -2.35. The lowest BCUT2D eigenvalue weighted by Crippen LogP contribution is -2.51. The summed E-state index contributed by atoms with van der Waals surface area (Å²) >= 11 is 0. The van der Waals surface area contributed by atoms with E-state index in [-0.39, 0.29) is 13.1 Å². The highest BCUT2D eigenvalue weighted by Crippen LogP contribution is 2.21. The van der Waals surface area contributed by atoms with Crippen molar-refractivity contribution in [1.82, 2.24) is 9.80 Å². The third kappa shape index (κ3) is 4.87. The Labute approximate surface area is 113 Å². The number of nitrogens with zero attached hydrogens (tertiary/aromatic N) is 2. The molecule has 1 fully saturated rings. The first kappa shape index (κ1) is 16.5. The lowest BCUT2D eigenvalue weighted by atomic mass is 9.99. The van der Waals surface area contributed by atoms with Gasteiger partial charge >= 0.3 is 18.2 Å².